The van der Waals surface area contributed by atoms with Crippen molar-refractivity contribution in [2.45, 2.75) is 67.5 Å². The number of nitrogens with one attached hydrogen (secondary N) is 1. The first-order valence-electron chi connectivity index (χ1n) is 19.1. The van der Waals surface area contributed by atoms with Gasteiger partial charge in [0.05, 0.1) is 17.2 Å². The number of unbranched alkanes of at least 4 members (excludes halogenated alkanes) is 1. The lowest BCUT2D eigenvalue weighted by Gasteiger charge is -2.46. The number of aryl methyl sites for hydroxylation is 1. The molecule has 1 aromatic heterocycles. The molecule has 0 amide bonds. The highest BCUT2D eigenvalue weighted by molar-refractivity contribution is 7.89. The monoisotopic (exact) mass is 769 g/mol. The molecular formula is C46H48BNO7S. The maximum Gasteiger partial charge on any atom is 0.498 e. The van der Waals surface area contributed by atoms with Crippen molar-refractivity contribution >= 4 is 22.6 Å². The Morgan fingerprint density at radius 1 is 0.661 bits per heavy atom. The van der Waals surface area contributed by atoms with Gasteiger partial charge >= 0.3 is 7.12 Å². The highest BCUT2D eigenvalue weighted by Crippen LogP contribution is 2.50. The number of hydrogen-bond acceptors (Lipinski definition) is 7. The Labute approximate surface area is 331 Å². The van der Waals surface area contributed by atoms with Gasteiger partial charge < -0.3 is 23.2 Å². The van der Waals surface area contributed by atoms with Crippen LogP contribution >= 0.6 is 0 Å². The molecule has 1 aliphatic heterocycles. The number of sulfonamides is 1. The lowest BCUT2D eigenvalue weighted by atomic mass is 9.71. The third kappa shape index (κ3) is 7.41. The smallest absolute Gasteiger partial charge is 0.468 e. The Morgan fingerprint density at radius 3 is 1.48 bits per heavy atom. The summed E-state index contributed by atoms with van der Waals surface area (Å²) in [6.07, 6.45) is 1.98. The normalized spacial score (nSPS) is 16.9. The Kier molecular flexibility index (Phi) is 12.1. The summed E-state index contributed by atoms with van der Waals surface area (Å²) in [4.78, 5) is 0.178. The summed E-state index contributed by atoms with van der Waals surface area (Å²) in [7, 11) is -1.56. The van der Waals surface area contributed by atoms with Gasteiger partial charge in [0, 0.05) is 19.7 Å². The minimum atomic E-state index is -3.92. The minimum Gasteiger partial charge on any atom is -0.468 e. The molecule has 10 heteroatoms. The van der Waals surface area contributed by atoms with Crippen LogP contribution in [0.1, 0.15) is 65.8 Å². The molecule has 0 aliphatic carbocycles. The second-order valence-corrected chi connectivity index (χ2v) is 15.9. The third-order valence-corrected chi connectivity index (χ3v) is 12.3. The van der Waals surface area contributed by atoms with Crippen LogP contribution in [0.3, 0.4) is 0 Å². The number of benzene rings is 5. The van der Waals surface area contributed by atoms with Crippen molar-refractivity contribution in [3.05, 3.63) is 191 Å². The van der Waals surface area contributed by atoms with E-state index < -0.39 is 46.6 Å². The Morgan fingerprint density at radius 2 is 1.09 bits per heavy atom. The Bertz CT molecular complexity index is 2080. The molecule has 3 atom stereocenters. The van der Waals surface area contributed by atoms with Crippen LogP contribution in [0.4, 0.5) is 0 Å². The van der Waals surface area contributed by atoms with Gasteiger partial charge in [0.2, 0.25) is 10.0 Å². The fraction of sp³-hybridized carbons (Fsp3) is 0.261. The van der Waals surface area contributed by atoms with Crippen LogP contribution < -0.4 is 10.2 Å². The molecule has 56 heavy (non-hydrogen) atoms. The fourth-order valence-electron chi connectivity index (χ4n) is 8.08. The van der Waals surface area contributed by atoms with Gasteiger partial charge in [-0.1, -0.05) is 159 Å². The van der Waals surface area contributed by atoms with E-state index >= 15 is 0 Å². The largest absolute Gasteiger partial charge is 0.498 e. The van der Waals surface area contributed by atoms with Gasteiger partial charge in [0.1, 0.15) is 29.2 Å². The highest BCUT2D eigenvalue weighted by Gasteiger charge is 2.62. The zero-order valence-electron chi connectivity index (χ0n) is 32.2. The van der Waals surface area contributed by atoms with Gasteiger partial charge in [-0.3, -0.25) is 0 Å². The summed E-state index contributed by atoms with van der Waals surface area (Å²) in [6, 6.07) is 48.0. The van der Waals surface area contributed by atoms with Gasteiger partial charge in [-0.15, -0.1) is 0 Å². The molecule has 288 valence electrons. The van der Waals surface area contributed by atoms with E-state index in [2.05, 4.69) is 11.6 Å². The number of methoxy groups -OCH3 is 2. The van der Waals surface area contributed by atoms with Crippen molar-refractivity contribution in [1.82, 2.24) is 4.72 Å². The SMILES string of the molecule is CCCC[C@H](NS(=O)(=O)c1ccc(C)cc1)c1occc1B1O[C@@H](C(OC)(c2ccccc2)c2ccccc2)[C@H](C(OC)(c2ccccc2)c2ccccc2)O1. The van der Waals surface area contributed by atoms with Crippen LogP contribution in [-0.2, 0) is 40.0 Å². The standard InChI is InChI=1S/C46H48BNO7S/c1-5-6-27-41(48-56(49,50)39-30-28-34(2)29-31-39)42-40(32-33-53-42)47-54-43(45(51-3,35-19-11-7-12-20-35)36-21-13-8-14-22-36)44(55-47)46(52-4,37-23-15-9-16-24-37)38-25-17-10-18-26-38/h7-26,28-33,41,43-44,48H,5-6,27H2,1-4H3/t41-,43+,44+/m0/s1. The molecule has 1 fully saturated rings. The summed E-state index contributed by atoms with van der Waals surface area (Å²) in [5.41, 5.74) is 2.55. The quantitative estimate of drug-likeness (QED) is 0.0988. The zero-order valence-corrected chi connectivity index (χ0v) is 33.0. The van der Waals surface area contributed by atoms with Crippen molar-refractivity contribution in [2.75, 3.05) is 14.2 Å². The third-order valence-electron chi connectivity index (χ3n) is 10.8. The molecule has 0 radical (unpaired) electrons. The van der Waals surface area contributed by atoms with Crippen molar-refractivity contribution in [3.8, 4) is 0 Å². The molecule has 6 aromatic rings. The number of rotatable bonds is 16. The van der Waals surface area contributed by atoms with Crippen molar-refractivity contribution in [2.24, 2.45) is 0 Å². The predicted octanol–water partition coefficient (Wildman–Crippen LogP) is 8.46. The van der Waals surface area contributed by atoms with E-state index in [1.165, 1.54) is 0 Å². The molecule has 0 saturated carbocycles. The maximum atomic E-state index is 13.9. The molecule has 0 bridgehead atoms. The van der Waals surface area contributed by atoms with Crippen LogP contribution in [0.25, 0.3) is 0 Å². The van der Waals surface area contributed by atoms with Crippen molar-refractivity contribution in [1.29, 1.82) is 0 Å². The topological polar surface area (TPSA) is 96.2 Å². The first-order valence-corrected chi connectivity index (χ1v) is 20.6. The first kappa shape index (κ1) is 39.4. The first-order chi connectivity index (χ1) is 27.3. The van der Waals surface area contributed by atoms with Crippen LogP contribution in [-0.4, -0.2) is 42.0 Å². The summed E-state index contributed by atoms with van der Waals surface area (Å²) in [5, 5.41) is 0. The predicted molar refractivity (Wildman–Crippen MR) is 219 cm³/mol. The maximum absolute atomic E-state index is 13.9. The summed E-state index contributed by atoms with van der Waals surface area (Å²) < 4.78 is 65.1. The zero-order chi connectivity index (χ0) is 39.2. The molecule has 0 unspecified atom stereocenters. The van der Waals surface area contributed by atoms with E-state index in [0.29, 0.717) is 17.6 Å². The molecule has 2 heterocycles. The lowest BCUT2D eigenvalue weighted by Crippen LogP contribution is -2.56. The van der Waals surface area contributed by atoms with Gasteiger partial charge in [-0.25, -0.2) is 13.1 Å². The van der Waals surface area contributed by atoms with Gasteiger partial charge in [-0.2, -0.15) is 0 Å². The van der Waals surface area contributed by atoms with Crippen LogP contribution in [0, 0.1) is 6.92 Å². The van der Waals surface area contributed by atoms with Gasteiger partial charge in [-0.05, 0) is 53.8 Å². The highest BCUT2D eigenvalue weighted by atomic mass is 32.2. The Balaban J connectivity index is 1.42. The summed E-state index contributed by atoms with van der Waals surface area (Å²) in [5.74, 6) is 0.420. The van der Waals surface area contributed by atoms with Crippen LogP contribution in [0.5, 0.6) is 0 Å². The van der Waals surface area contributed by atoms with E-state index in [1.54, 1.807) is 50.8 Å². The van der Waals surface area contributed by atoms with Crippen molar-refractivity contribution in [3.63, 3.8) is 0 Å². The average Bonchev–Trinajstić information content (AvgIpc) is 3.91. The molecule has 8 nitrogen and oxygen atoms in total. The fourth-order valence-corrected chi connectivity index (χ4v) is 9.31. The van der Waals surface area contributed by atoms with Crippen LogP contribution in [0.2, 0.25) is 0 Å². The summed E-state index contributed by atoms with van der Waals surface area (Å²) in [6.45, 7) is 3.99. The van der Waals surface area contributed by atoms with E-state index in [1.807, 2.05) is 128 Å². The average molecular weight is 770 g/mol. The molecule has 7 rings (SSSR count). The molecular weight excluding hydrogens is 721 g/mol. The van der Waals surface area contributed by atoms with E-state index in [-0.39, 0.29) is 4.90 Å². The lowest BCUT2D eigenvalue weighted by molar-refractivity contribution is -0.136. The molecule has 1 aliphatic rings. The van der Waals surface area contributed by atoms with Gasteiger partial charge in [0.25, 0.3) is 0 Å². The van der Waals surface area contributed by atoms with Crippen molar-refractivity contribution < 1.29 is 31.6 Å². The molecule has 1 saturated heterocycles. The Hall–Kier alpha value is -4.81. The minimum absolute atomic E-state index is 0.178. The molecule has 1 N–H and O–H groups in total. The molecule has 0 spiro atoms. The number of hydrogen-bond donors (Lipinski definition) is 1. The number of ether oxygens (including phenoxy) is 2. The molecule has 5 aromatic carbocycles. The van der Waals surface area contributed by atoms with Crippen LogP contribution in [0.15, 0.2) is 167 Å². The van der Waals surface area contributed by atoms with E-state index in [9.17, 15) is 8.42 Å². The second-order valence-electron chi connectivity index (χ2n) is 14.2. The van der Waals surface area contributed by atoms with E-state index in [0.717, 1.165) is 40.7 Å². The second kappa shape index (κ2) is 17.1. The van der Waals surface area contributed by atoms with Gasteiger partial charge in [0.15, 0.2) is 0 Å². The number of furan rings is 1. The summed E-state index contributed by atoms with van der Waals surface area (Å²) >= 11 is 0. The van der Waals surface area contributed by atoms with E-state index in [4.69, 9.17) is 23.2 Å².